The molecule has 2 heterocycles. The van der Waals surface area contributed by atoms with E-state index in [0.717, 1.165) is 52.0 Å². The highest BCUT2D eigenvalue weighted by molar-refractivity contribution is 6.09. The molecule has 3 aromatic carbocycles. The Morgan fingerprint density at radius 3 is 2.46 bits per heavy atom. The number of ketones is 1. The number of nitrogens with zero attached hydrogens (tertiary/aromatic N) is 1. The molecule has 0 saturated heterocycles. The minimum atomic E-state index is -0.509. The fraction of sp³-hybridized carbons (Fsp3) is 0.314. The zero-order valence-electron chi connectivity index (χ0n) is 24.1. The van der Waals surface area contributed by atoms with E-state index in [9.17, 15) is 9.59 Å². The maximum absolute atomic E-state index is 13.7. The van der Waals surface area contributed by atoms with Gasteiger partial charge < -0.3 is 19.4 Å². The average molecular weight is 549 g/mol. The predicted octanol–water partition coefficient (Wildman–Crippen LogP) is 7.04. The Hall–Kier alpha value is -4.32. The number of dihydropyridines is 1. The lowest BCUT2D eigenvalue weighted by Crippen LogP contribution is -2.38. The first-order valence-electron chi connectivity index (χ1n) is 14.4. The van der Waals surface area contributed by atoms with Gasteiger partial charge in [-0.15, -0.1) is 0 Å². The summed E-state index contributed by atoms with van der Waals surface area (Å²) in [5.74, 6) is -0.140. The summed E-state index contributed by atoms with van der Waals surface area (Å²) in [7, 11) is 0. The number of esters is 1. The monoisotopic (exact) mass is 548 g/mol. The van der Waals surface area contributed by atoms with Crippen molar-refractivity contribution in [1.82, 2.24) is 9.88 Å². The molecule has 1 aliphatic carbocycles. The highest BCUT2D eigenvalue weighted by Crippen LogP contribution is 2.47. The maximum Gasteiger partial charge on any atom is 0.336 e. The van der Waals surface area contributed by atoms with Gasteiger partial charge >= 0.3 is 5.97 Å². The number of aromatic nitrogens is 1. The van der Waals surface area contributed by atoms with Gasteiger partial charge in [-0.05, 0) is 61.6 Å². The summed E-state index contributed by atoms with van der Waals surface area (Å²) in [5.41, 5.74) is 5.88. The fourth-order valence-corrected chi connectivity index (χ4v) is 6.52. The Kier molecular flexibility index (Phi) is 6.94. The molecule has 2 aliphatic rings. The van der Waals surface area contributed by atoms with Crippen LogP contribution in [0.1, 0.15) is 52.0 Å². The lowest BCUT2D eigenvalue weighted by Gasteiger charge is -2.39. The highest BCUT2D eigenvalue weighted by atomic mass is 16.6. The normalized spacial score (nSPS) is 18.4. The van der Waals surface area contributed by atoms with E-state index in [1.54, 1.807) is 0 Å². The summed E-state index contributed by atoms with van der Waals surface area (Å²) in [5, 5.41) is 5.71. The zero-order chi connectivity index (χ0) is 28.7. The number of fused-ring (bicyclic) bond motifs is 3. The number of hydrogen-bond acceptors (Lipinski definition) is 5. The molecule has 1 N–H and O–H groups in total. The van der Waals surface area contributed by atoms with Crippen molar-refractivity contribution in [3.63, 3.8) is 0 Å². The van der Waals surface area contributed by atoms with Crippen molar-refractivity contribution >= 4 is 33.6 Å². The summed E-state index contributed by atoms with van der Waals surface area (Å²) >= 11 is 0. The number of hydrogen-bond donors (Lipinski definition) is 1. The van der Waals surface area contributed by atoms with Crippen LogP contribution in [0.5, 0.6) is 5.75 Å². The van der Waals surface area contributed by atoms with Crippen LogP contribution in [0.2, 0.25) is 0 Å². The van der Waals surface area contributed by atoms with Gasteiger partial charge in [-0.3, -0.25) is 4.79 Å². The first-order chi connectivity index (χ1) is 19.8. The van der Waals surface area contributed by atoms with Gasteiger partial charge in [0.1, 0.15) is 19.0 Å². The number of Topliss-reactive ketones (excluding diaryl/α,β-unsaturated/α-hetero) is 1. The first kappa shape index (κ1) is 26.9. The minimum absolute atomic E-state index is 0.0787. The van der Waals surface area contributed by atoms with Gasteiger partial charge in [0.25, 0.3) is 0 Å². The van der Waals surface area contributed by atoms with Crippen LogP contribution in [0.4, 0.5) is 0 Å². The first-order valence-corrected chi connectivity index (χ1v) is 14.4. The standard InChI is InChI=1S/C35H36N2O4/c1-5-37-28-14-10-9-13-25(28)26-19-23(15-16-29(26)37)32-31(34(39)41-18-17-40-24-11-7-6-8-12-24)22(2)36-27-20-35(3,4)21-30(38)33(27)32/h6-16,19,32,36H,5,17-18,20-21H2,1-4H3. The van der Waals surface area contributed by atoms with Crippen molar-refractivity contribution in [3.05, 3.63) is 101 Å². The van der Waals surface area contributed by atoms with Gasteiger partial charge in [0, 0.05) is 57.7 Å². The lowest BCUT2D eigenvalue weighted by atomic mass is 9.68. The Morgan fingerprint density at radius 1 is 0.951 bits per heavy atom. The molecule has 41 heavy (non-hydrogen) atoms. The van der Waals surface area contributed by atoms with Crippen LogP contribution in [0.15, 0.2) is 95.3 Å². The smallest absolute Gasteiger partial charge is 0.336 e. The van der Waals surface area contributed by atoms with Gasteiger partial charge in [0.05, 0.1) is 5.57 Å². The van der Waals surface area contributed by atoms with E-state index in [1.165, 1.54) is 5.52 Å². The van der Waals surface area contributed by atoms with Crippen molar-refractivity contribution in [2.75, 3.05) is 13.2 Å². The average Bonchev–Trinajstić information content (AvgIpc) is 3.27. The van der Waals surface area contributed by atoms with Gasteiger partial charge in [-0.2, -0.15) is 0 Å². The summed E-state index contributed by atoms with van der Waals surface area (Å²) in [4.78, 5) is 27.5. The molecule has 4 aromatic rings. The molecular weight excluding hydrogens is 512 g/mol. The number of benzene rings is 3. The molecule has 0 saturated carbocycles. The van der Waals surface area contributed by atoms with E-state index >= 15 is 0 Å². The van der Waals surface area contributed by atoms with Crippen LogP contribution >= 0.6 is 0 Å². The molecule has 0 spiro atoms. The van der Waals surface area contributed by atoms with Crippen LogP contribution in [0, 0.1) is 5.41 Å². The number of aryl methyl sites for hydroxylation is 1. The Morgan fingerprint density at radius 2 is 1.68 bits per heavy atom. The molecule has 6 heteroatoms. The Labute approximate surface area is 240 Å². The van der Waals surface area contributed by atoms with Gasteiger partial charge in [-0.25, -0.2) is 4.79 Å². The molecule has 0 bridgehead atoms. The third kappa shape index (κ3) is 4.92. The molecule has 1 aliphatic heterocycles. The van der Waals surface area contributed by atoms with Crippen LogP contribution in [0.3, 0.4) is 0 Å². The van der Waals surface area contributed by atoms with E-state index in [2.05, 4.69) is 73.1 Å². The molecule has 6 nitrogen and oxygen atoms in total. The highest BCUT2D eigenvalue weighted by Gasteiger charge is 2.43. The summed E-state index contributed by atoms with van der Waals surface area (Å²) in [6.45, 7) is 9.48. The van der Waals surface area contributed by atoms with Gasteiger partial charge in [-0.1, -0.05) is 56.3 Å². The van der Waals surface area contributed by atoms with Crippen LogP contribution in [-0.2, 0) is 20.9 Å². The number of allylic oxidation sites excluding steroid dienone is 3. The third-order valence-corrected chi connectivity index (χ3v) is 8.23. The second-order valence-corrected chi connectivity index (χ2v) is 11.8. The van der Waals surface area contributed by atoms with E-state index in [0.29, 0.717) is 17.6 Å². The quantitative estimate of drug-likeness (QED) is 0.198. The van der Waals surface area contributed by atoms with E-state index < -0.39 is 11.9 Å². The number of rotatable bonds is 7. The summed E-state index contributed by atoms with van der Waals surface area (Å²) in [6, 6.07) is 24.2. The number of ether oxygens (including phenoxy) is 2. The third-order valence-electron chi connectivity index (χ3n) is 8.23. The Balaban J connectivity index is 1.40. The second kappa shape index (κ2) is 10.6. The maximum atomic E-state index is 13.7. The fourth-order valence-electron chi connectivity index (χ4n) is 6.52. The largest absolute Gasteiger partial charge is 0.490 e. The number of carbonyl (C=O) groups is 2. The SMILES string of the molecule is CCn1c2ccccc2c2cc(C3C(C(=O)OCCOc4ccccc4)=C(C)NC4=C3C(=O)CC(C)(C)C4)ccc21. The van der Waals surface area contributed by atoms with Gasteiger partial charge in [0.15, 0.2) is 5.78 Å². The molecule has 0 amide bonds. The number of para-hydroxylation sites is 2. The Bertz CT molecular complexity index is 1730. The molecular formula is C35H36N2O4. The zero-order valence-corrected chi connectivity index (χ0v) is 24.1. The predicted molar refractivity (Wildman–Crippen MR) is 162 cm³/mol. The van der Waals surface area contributed by atoms with Crippen LogP contribution < -0.4 is 10.1 Å². The van der Waals surface area contributed by atoms with E-state index in [1.807, 2.05) is 37.3 Å². The van der Waals surface area contributed by atoms with Crippen LogP contribution in [0.25, 0.3) is 21.8 Å². The molecule has 6 rings (SSSR count). The second-order valence-electron chi connectivity index (χ2n) is 11.8. The minimum Gasteiger partial charge on any atom is -0.490 e. The molecule has 1 atom stereocenters. The molecule has 0 radical (unpaired) electrons. The van der Waals surface area contributed by atoms with E-state index in [4.69, 9.17) is 9.47 Å². The summed E-state index contributed by atoms with van der Waals surface area (Å²) < 4.78 is 13.8. The van der Waals surface area contributed by atoms with Crippen molar-refractivity contribution < 1.29 is 19.1 Å². The number of carbonyl (C=O) groups excluding carboxylic acids is 2. The molecule has 210 valence electrons. The van der Waals surface area contributed by atoms with Crippen molar-refractivity contribution in [1.29, 1.82) is 0 Å². The van der Waals surface area contributed by atoms with Crippen LogP contribution in [-0.4, -0.2) is 29.5 Å². The lowest BCUT2D eigenvalue weighted by molar-refractivity contribution is -0.140. The van der Waals surface area contributed by atoms with Gasteiger partial charge in [0.2, 0.25) is 0 Å². The molecule has 1 aromatic heterocycles. The van der Waals surface area contributed by atoms with E-state index in [-0.39, 0.29) is 24.4 Å². The van der Waals surface area contributed by atoms with Crippen molar-refractivity contribution in [2.24, 2.45) is 5.41 Å². The number of nitrogens with one attached hydrogen (secondary N) is 1. The molecule has 0 fully saturated rings. The summed E-state index contributed by atoms with van der Waals surface area (Å²) in [6.07, 6.45) is 1.18. The molecule has 1 unspecified atom stereocenters. The van der Waals surface area contributed by atoms with Crippen molar-refractivity contribution in [3.8, 4) is 5.75 Å². The van der Waals surface area contributed by atoms with Crippen molar-refractivity contribution in [2.45, 2.75) is 53.0 Å². The topological polar surface area (TPSA) is 69.6 Å².